The Kier molecular flexibility index (Phi) is 3.85. The number of aryl methyl sites for hydroxylation is 2. The minimum atomic E-state index is -0.227. The summed E-state index contributed by atoms with van der Waals surface area (Å²) in [5.74, 6) is 0. The van der Waals surface area contributed by atoms with Crippen molar-refractivity contribution in [3.63, 3.8) is 0 Å². The second-order valence-corrected chi connectivity index (χ2v) is 6.46. The molecule has 1 aliphatic heterocycles. The van der Waals surface area contributed by atoms with Gasteiger partial charge in [0.05, 0.1) is 12.6 Å². The molecule has 0 bridgehead atoms. The van der Waals surface area contributed by atoms with Crippen LogP contribution < -0.4 is 10.5 Å². The molecule has 1 aromatic carbocycles. The van der Waals surface area contributed by atoms with Crippen molar-refractivity contribution >= 4 is 11.0 Å². The van der Waals surface area contributed by atoms with Crippen LogP contribution in [0.4, 0.5) is 0 Å². The molecule has 1 N–H and O–H groups in total. The van der Waals surface area contributed by atoms with Crippen LogP contribution in [-0.2, 0) is 6.54 Å². The van der Waals surface area contributed by atoms with E-state index in [4.69, 9.17) is 4.42 Å². The van der Waals surface area contributed by atoms with Gasteiger partial charge >= 0.3 is 5.63 Å². The largest absolute Gasteiger partial charge is 0.422 e. The van der Waals surface area contributed by atoms with Gasteiger partial charge in [0.25, 0.3) is 0 Å². The van der Waals surface area contributed by atoms with Crippen LogP contribution in [-0.4, -0.2) is 12.6 Å². The fourth-order valence-corrected chi connectivity index (χ4v) is 3.43. The highest BCUT2D eigenvalue weighted by Crippen LogP contribution is 2.23. The number of likely N-dealkylation sites (tertiary alicyclic amines) is 1. The van der Waals surface area contributed by atoms with Crippen molar-refractivity contribution in [1.82, 2.24) is 0 Å². The standard InChI is InChI=1S/C18H23NO2/c1-12-7-8-16-15(10-17(20)21-18(16)14(12)3)11-19-9-5-4-6-13(19)2/h7-8,10,13H,4-6,9,11H2,1-3H3/p+1/t13-/m1/s1. The van der Waals surface area contributed by atoms with Gasteiger partial charge in [-0.2, -0.15) is 0 Å². The Bertz CT molecular complexity index is 717. The van der Waals surface area contributed by atoms with Gasteiger partial charge in [0.1, 0.15) is 12.1 Å². The molecule has 112 valence electrons. The summed E-state index contributed by atoms with van der Waals surface area (Å²) in [5, 5.41) is 1.10. The Morgan fingerprint density at radius 2 is 2.10 bits per heavy atom. The number of quaternary nitrogens is 1. The molecule has 3 heteroatoms. The van der Waals surface area contributed by atoms with E-state index in [9.17, 15) is 4.79 Å². The van der Waals surface area contributed by atoms with Crippen LogP contribution in [0.1, 0.15) is 42.9 Å². The molecular weight excluding hydrogens is 262 g/mol. The van der Waals surface area contributed by atoms with Gasteiger partial charge in [-0.3, -0.25) is 0 Å². The molecule has 3 nitrogen and oxygen atoms in total. The Morgan fingerprint density at radius 1 is 1.29 bits per heavy atom. The molecule has 21 heavy (non-hydrogen) atoms. The highest BCUT2D eigenvalue weighted by Gasteiger charge is 2.23. The molecule has 3 rings (SSSR count). The van der Waals surface area contributed by atoms with Crippen LogP contribution in [0.25, 0.3) is 11.0 Å². The lowest BCUT2D eigenvalue weighted by Crippen LogP contribution is -3.14. The maximum absolute atomic E-state index is 11.9. The number of hydrogen-bond acceptors (Lipinski definition) is 2. The van der Waals surface area contributed by atoms with E-state index in [1.807, 2.05) is 6.92 Å². The second kappa shape index (κ2) is 5.64. The fraction of sp³-hybridized carbons (Fsp3) is 0.500. The van der Waals surface area contributed by atoms with Gasteiger partial charge in [0.15, 0.2) is 0 Å². The van der Waals surface area contributed by atoms with Crippen molar-refractivity contribution in [3.8, 4) is 0 Å². The molecule has 0 spiro atoms. The predicted octanol–water partition coefficient (Wildman–Crippen LogP) is 2.37. The molecule has 2 aromatic rings. The summed E-state index contributed by atoms with van der Waals surface area (Å²) in [6.07, 6.45) is 3.91. The maximum Gasteiger partial charge on any atom is 0.336 e. The van der Waals surface area contributed by atoms with Crippen molar-refractivity contribution in [2.75, 3.05) is 6.54 Å². The molecule has 2 heterocycles. The van der Waals surface area contributed by atoms with Crippen LogP contribution in [0.2, 0.25) is 0 Å². The van der Waals surface area contributed by atoms with Gasteiger partial charge < -0.3 is 9.32 Å². The van der Waals surface area contributed by atoms with Crippen molar-refractivity contribution in [1.29, 1.82) is 0 Å². The van der Waals surface area contributed by atoms with Gasteiger partial charge in [-0.1, -0.05) is 12.1 Å². The summed E-state index contributed by atoms with van der Waals surface area (Å²) in [6.45, 7) is 8.52. The maximum atomic E-state index is 11.9. The third kappa shape index (κ3) is 2.75. The van der Waals surface area contributed by atoms with Crippen LogP contribution >= 0.6 is 0 Å². The van der Waals surface area contributed by atoms with Gasteiger partial charge in [0.2, 0.25) is 0 Å². The first-order valence-electron chi connectivity index (χ1n) is 7.94. The SMILES string of the molecule is Cc1ccc2c(C[NH+]3CCCC[C@H]3C)cc(=O)oc2c1C. The van der Waals surface area contributed by atoms with Crippen LogP contribution in [0.15, 0.2) is 27.4 Å². The molecule has 1 unspecified atom stereocenters. The summed E-state index contributed by atoms with van der Waals surface area (Å²) in [7, 11) is 0. The van der Waals surface area contributed by atoms with Gasteiger partial charge in [-0.15, -0.1) is 0 Å². The summed E-state index contributed by atoms with van der Waals surface area (Å²) in [4.78, 5) is 13.5. The lowest BCUT2D eigenvalue weighted by atomic mass is 10.00. The Hall–Kier alpha value is -1.61. The Morgan fingerprint density at radius 3 is 2.86 bits per heavy atom. The van der Waals surface area contributed by atoms with Crippen LogP contribution in [0, 0.1) is 13.8 Å². The third-order valence-corrected chi connectivity index (χ3v) is 5.02. The average Bonchev–Trinajstić information content (AvgIpc) is 2.46. The number of benzene rings is 1. The van der Waals surface area contributed by atoms with Crippen molar-refractivity contribution in [3.05, 3.63) is 45.3 Å². The molecule has 1 fully saturated rings. The van der Waals surface area contributed by atoms with Crippen molar-refractivity contribution in [2.45, 2.75) is 52.6 Å². The zero-order chi connectivity index (χ0) is 15.0. The first-order valence-corrected chi connectivity index (χ1v) is 7.94. The van der Waals surface area contributed by atoms with E-state index in [0.717, 1.165) is 28.6 Å². The molecule has 1 aromatic heterocycles. The molecule has 0 amide bonds. The average molecular weight is 286 g/mol. The zero-order valence-electron chi connectivity index (χ0n) is 13.2. The topological polar surface area (TPSA) is 34.7 Å². The van der Waals surface area contributed by atoms with Crippen LogP contribution in [0.5, 0.6) is 0 Å². The molecular formula is C18H24NO2+. The molecule has 1 saturated heterocycles. The molecule has 0 saturated carbocycles. The van der Waals surface area contributed by atoms with Gasteiger partial charge in [-0.05, 0) is 51.2 Å². The number of hydrogen-bond donors (Lipinski definition) is 1. The third-order valence-electron chi connectivity index (χ3n) is 5.02. The van der Waals surface area contributed by atoms with E-state index in [1.165, 1.54) is 31.4 Å². The van der Waals surface area contributed by atoms with Crippen LogP contribution in [0.3, 0.4) is 0 Å². The first-order chi connectivity index (χ1) is 10.1. The Balaban J connectivity index is 2.05. The van der Waals surface area contributed by atoms with Gasteiger partial charge in [-0.25, -0.2) is 4.79 Å². The van der Waals surface area contributed by atoms with Crippen molar-refractivity contribution in [2.24, 2.45) is 0 Å². The van der Waals surface area contributed by atoms with E-state index in [-0.39, 0.29) is 5.63 Å². The normalized spacial score (nSPS) is 22.6. The highest BCUT2D eigenvalue weighted by atomic mass is 16.4. The highest BCUT2D eigenvalue weighted by molar-refractivity contribution is 5.83. The van der Waals surface area contributed by atoms with E-state index < -0.39 is 0 Å². The lowest BCUT2D eigenvalue weighted by Gasteiger charge is -2.30. The first kappa shape index (κ1) is 14.3. The fourth-order valence-electron chi connectivity index (χ4n) is 3.43. The quantitative estimate of drug-likeness (QED) is 0.860. The minimum Gasteiger partial charge on any atom is -0.422 e. The predicted molar refractivity (Wildman–Crippen MR) is 84.8 cm³/mol. The number of rotatable bonds is 2. The summed E-state index contributed by atoms with van der Waals surface area (Å²) in [5.41, 5.74) is 3.92. The molecule has 2 atom stereocenters. The van der Waals surface area contributed by atoms with E-state index in [1.54, 1.807) is 11.0 Å². The molecule has 0 radical (unpaired) electrons. The van der Waals surface area contributed by atoms with Gasteiger partial charge in [0, 0.05) is 17.0 Å². The number of nitrogens with one attached hydrogen (secondary N) is 1. The molecule has 0 aliphatic carbocycles. The summed E-state index contributed by atoms with van der Waals surface area (Å²) >= 11 is 0. The van der Waals surface area contributed by atoms with E-state index >= 15 is 0 Å². The number of piperidine rings is 1. The smallest absolute Gasteiger partial charge is 0.336 e. The van der Waals surface area contributed by atoms with E-state index in [0.29, 0.717) is 6.04 Å². The summed E-state index contributed by atoms with van der Waals surface area (Å²) in [6, 6.07) is 6.58. The van der Waals surface area contributed by atoms with E-state index in [2.05, 4.69) is 26.0 Å². The lowest BCUT2D eigenvalue weighted by molar-refractivity contribution is -0.941. The number of fused-ring (bicyclic) bond motifs is 1. The van der Waals surface area contributed by atoms with Crippen molar-refractivity contribution < 1.29 is 9.32 Å². The minimum absolute atomic E-state index is 0.227. The second-order valence-electron chi connectivity index (χ2n) is 6.46. The Labute approximate surface area is 125 Å². The zero-order valence-corrected chi connectivity index (χ0v) is 13.2. The molecule has 1 aliphatic rings. The monoisotopic (exact) mass is 286 g/mol. The summed E-state index contributed by atoms with van der Waals surface area (Å²) < 4.78 is 5.47.